The van der Waals surface area contributed by atoms with E-state index in [2.05, 4.69) is 15.3 Å². The van der Waals surface area contributed by atoms with Crippen LogP contribution in [0.15, 0.2) is 18.3 Å². The van der Waals surface area contributed by atoms with Gasteiger partial charge in [-0.15, -0.1) is 11.3 Å². The molecule has 2 aromatic rings. The summed E-state index contributed by atoms with van der Waals surface area (Å²) in [6.07, 6.45) is 4.63. The maximum atomic E-state index is 5.91. The lowest BCUT2D eigenvalue weighted by atomic mass is 10.4. The van der Waals surface area contributed by atoms with Gasteiger partial charge < -0.3 is 10.3 Å². The average Bonchev–Trinajstić information content (AvgIpc) is 2.85. The van der Waals surface area contributed by atoms with Crippen LogP contribution in [-0.4, -0.2) is 16.5 Å². The molecule has 3 rings (SSSR count). The van der Waals surface area contributed by atoms with Gasteiger partial charge in [0.2, 0.25) is 0 Å². The highest BCUT2D eigenvalue weighted by Crippen LogP contribution is 2.30. The first-order valence-electron chi connectivity index (χ1n) is 5.81. The molecule has 2 aromatic heterocycles. The number of thiophene rings is 1. The Kier molecular flexibility index (Phi) is 3.18. The Bertz CT molecular complexity index is 501. The van der Waals surface area contributed by atoms with Crippen molar-refractivity contribution in [2.45, 2.75) is 19.4 Å². The van der Waals surface area contributed by atoms with Crippen LogP contribution in [-0.2, 0) is 6.54 Å². The lowest BCUT2D eigenvalue weighted by Gasteiger charge is -1.99. The molecular weight excluding hydrogens is 254 g/mol. The van der Waals surface area contributed by atoms with Crippen molar-refractivity contribution in [2.75, 3.05) is 6.54 Å². The van der Waals surface area contributed by atoms with Crippen LogP contribution < -0.4 is 5.32 Å². The molecule has 1 aliphatic carbocycles. The molecule has 0 aromatic carbocycles. The van der Waals surface area contributed by atoms with Gasteiger partial charge in [-0.3, -0.25) is 0 Å². The molecule has 0 spiro atoms. The standard InChI is InChI=1S/C12H14ClN3S/c13-11-4-3-10(17-11)9-6-15-12(16-9)7-14-5-8-1-2-8/h3-4,6,8,14H,1-2,5,7H2,(H,15,16). The van der Waals surface area contributed by atoms with E-state index in [0.29, 0.717) is 0 Å². The molecule has 0 aliphatic heterocycles. The molecule has 0 bridgehead atoms. The molecule has 1 fully saturated rings. The molecule has 0 radical (unpaired) electrons. The van der Waals surface area contributed by atoms with E-state index < -0.39 is 0 Å². The van der Waals surface area contributed by atoms with Crippen LogP contribution in [0.25, 0.3) is 10.6 Å². The smallest absolute Gasteiger partial charge is 0.120 e. The Morgan fingerprint density at radius 3 is 3.06 bits per heavy atom. The summed E-state index contributed by atoms with van der Waals surface area (Å²) >= 11 is 7.48. The predicted octanol–water partition coefficient (Wildman–Crippen LogP) is 3.29. The molecule has 0 amide bonds. The van der Waals surface area contributed by atoms with Crippen molar-refractivity contribution in [3.05, 3.63) is 28.5 Å². The molecule has 2 heterocycles. The number of halogens is 1. The lowest BCUT2D eigenvalue weighted by Crippen LogP contribution is -2.16. The van der Waals surface area contributed by atoms with Gasteiger partial charge in [-0.25, -0.2) is 4.98 Å². The summed E-state index contributed by atoms with van der Waals surface area (Å²) in [5, 5.41) is 3.42. The van der Waals surface area contributed by atoms with Crippen molar-refractivity contribution in [1.29, 1.82) is 0 Å². The molecule has 1 saturated carbocycles. The van der Waals surface area contributed by atoms with E-state index in [9.17, 15) is 0 Å². The van der Waals surface area contributed by atoms with E-state index in [-0.39, 0.29) is 0 Å². The summed E-state index contributed by atoms with van der Waals surface area (Å²) < 4.78 is 0.808. The number of H-pyrrole nitrogens is 1. The normalized spacial score (nSPS) is 15.4. The van der Waals surface area contributed by atoms with Gasteiger partial charge in [0, 0.05) is 0 Å². The number of imidazole rings is 1. The van der Waals surface area contributed by atoms with Gasteiger partial charge in [0.1, 0.15) is 5.82 Å². The van der Waals surface area contributed by atoms with E-state index in [1.54, 1.807) is 11.3 Å². The van der Waals surface area contributed by atoms with Crippen molar-refractivity contribution >= 4 is 22.9 Å². The highest BCUT2D eigenvalue weighted by molar-refractivity contribution is 7.19. The zero-order valence-electron chi connectivity index (χ0n) is 9.37. The van der Waals surface area contributed by atoms with Gasteiger partial charge >= 0.3 is 0 Å². The SMILES string of the molecule is Clc1ccc(-c2cnc(CNCC3CC3)[nH]2)s1. The molecule has 0 saturated heterocycles. The van der Waals surface area contributed by atoms with Crippen molar-refractivity contribution in [3.63, 3.8) is 0 Å². The van der Waals surface area contributed by atoms with Crippen LogP contribution in [0.5, 0.6) is 0 Å². The number of hydrogen-bond donors (Lipinski definition) is 2. The Balaban J connectivity index is 1.61. The zero-order valence-corrected chi connectivity index (χ0v) is 10.9. The third-order valence-corrected chi connectivity index (χ3v) is 4.15. The minimum atomic E-state index is 0.808. The number of nitrogens with zero attached hydrogens (tertiary/aromatic N) is 1. The van der Waals surface area contributed by atoms with Gasteiger partial charge in [-0.05, 0) is 37.4 Å². The van der Waals surface area contributed by atoms with Gasteiger partial charge in [-0.1, -0.05) is 11.6 Å². The number of hydrogen-bond acceptors (Lipinski definition) is 3. The summed E-state index contributed by atoms with van der Waals surface area (Å²) in [6, 6.07) is 3.93. The Morgan fingerprint density at radius 2 is 2.35 bits per heavy atom. The first-order chi connectivity index (χ1) is 8.31. The molecule has 0 atom stereocenters. The van der Waals surface area contributed by atoms with Crippen LogP contribution in [0.1, 0.15) is 18.7 Å². The first kappa shape index (κ1) is 11.3. The van der Waals surface area contributed by atoms with Crippen LogP contribution in [0.2, 0.25) is 4.34 Å². The van der Waals surface area contributed by atoms with Crippen molar-refractivity contribution in [1.82, 2.24) is 15.3 Å². The van der Waals surface area contributed by atoms with E-state index in [0.717, 1.165) is 39.7 Å². The Hall–Kier alpha value is -0.840. The maximum Gasteiger partial charge on any atom is 0.120 e. The minimum absolute atomic E-state index is 0.808. The number of aromatic amines is 1. The number of nitrogens with one attached hydrogen (secondary N) is 2. The van der Waals surface area contributed by atoms with Crippen LogP contribution >= 0.6 is 22.9 Å². The summed E-state index contributed by atoms with van der Waals surface area (Å²) in [5.74, 6) is 1.89. The summed E-state index contributed by atoms with van der Waals surface area (Å²) in [6.45, 7) is 1.93. The first-order valence-corrected chi connectivity index (χ1v) is 7.01. The minimum Gasteiger partial charge on any atom is -0.340 e. The lowest BCUT2D eigenvalue weighted by molar-refractivity contribution is 0.623. The Morgan fingerprint density at radius 1 is 1.47 bits per heavy atom. The van der Waals surface area contributed by atoms with Crippen LogP contribution in [0.4, 0.5) is 0 Å². The summed E-state index contributed by atoms with van der Waals surface area (Å²) in [5.41, 5.74) is 1.05. The molecular formula is C12H14ClN3S. The second-order valence-corrected chi connectivity index (χ2v) is 6.14. The van der Waals surface area contributed by atoms with E-state index in [4.69, 9.17) is 11.6 Å². The molecule has 5 heteroatoms. The van der Waals surface area contributed by atoms with Crippen LogP contribution in [0.3, 0.4) is 0 Å². The second kappa shape index (κ2) is 4.80. The number of rotatable bonds is 5. The monoisotopic (exact) mass is 267 g/mol. The van der Waals surface area contributed by atoms with Gasteiger partial charge in [0.15, 0.2) is 0 Å². The summed E-state index contributed by atoms with van der Waals surface area (Å²) in [7, 11) is 0. The van der Waals surface area contributed by atoms with Crippen molar-refractivity contribution in [3.8, 4) is 10.6 Å². The molecule has 2 N–H and O–H groups in total. The highest BCUT2D eigenvalue weighted by atomic mass is 35.5. The van der Waals surface area contributed by atoms with Crippen molar-refractivity contribution < 1.29 is 0 Å². The van der Waals surface area contributed by atoms with E-state index >= 15 is 0 Å². The van der Waals surface area contributed by atoms with Gasteiger partial charge in [-0.2, -0.15) is 0 Å². The highest BCUT2D eigenvalue weighted by Gasteiger charge is 2.20. The quantitative estimate of drug-likeness (QED) is 0.873. The topological polar surface area (TPSA) is 40.7 Å². The fourth-order valence-electron chi connectivity index (χ4n) is 1.75. The molecule has 1 aliphatic rings. The third kappa shape index (κ3) is 2.89. The maximum absolute atomic E-state index is 5.91. The van der Waals surface area contributed by atoms with Gasteiger partial charge in [0.25, 0.3) is 0 Å². The largest absolute Gasteiger partial charge is 0.340 e. The zero-order chi connectivity index (χ0) is 11.7. The second-order valence-electron chi connectivity index (χ2n) is 4.42. The average molecular weight is 268 g/mol. The van der Waals surface area contributed by atoms with E-state index in [1.807, 2.05) is 18.3 Å². The van der Waals surface area contributed by atoms with Gasteiger partial charge in [0.05, 0.1) is 27.6 Å². The fraction of sp³-hybridized carbons (Fsp3) is 0.417. The molecule has 17 heavy (non-hydrogen) atoms. The number of aromatic nitrogens is 2. The molecule has 0 unspecified atom stereocenters. The molecule has 3 nitrogen and oxygen atoms in total. The van der Waals surface area contributed by atoms with Crippen LogP contribution in [0, 0.1) is 5.92 Å². The summed E-state index contributed by atoms with van der Waals surface area (Å²) in [4.78, 5) is 8.81. The van der Waals surface area contributed by atoms with E-state index in [1.165, 1.54) is 12.8 Å². The van der Waals surface area contributed by atoms with Crippen molar-refractivity contribution in [2.24, 2.45) is 5.92 Å². The predicted molar refractivity (Wildman–Crippen MR) is 71.3 cm³/mol. The fourth-order valence-corrected chi connectivity index (χ4v) is 2.76. The Labute approximate surface area is 109 Å². The molecule has 90 valence electrons. The third-order valence-electron chi connectivity index (χ3n) is 2.89.